The van der Waals surface area contributed by atoms with Crippen molar-refractivity contribution in [2.45, 2.75) is 9.79 Å². The molecule has 1 aliphatic heterocycles. The maximum Gasteiger partial charge on any atom is 0.271 e. The summed E-state index contributed by atoms with van der Waals surface area (Å²) >= 11 is 7.65. The molecule has 1 heterocycles. The maximum atomic E-state index is 13.0. The van der Waals surface area contributed by atoms with Crippen LogP contribution in [0.3, 0.4) is 0 Å². The monoisotopic (exact) mass is 412 g/mol. The summed E-state index contributed by atoms with van der Waals surface area (Å²) in [6.07, 6.45) is 0. The third-order valence-electron chi connectivity index (χ3n) is 4.16. The number of non-ortho nitro benzene ring substituents is 1. The van der Waals surface area contributed by atoms with E-state index in [1.165, 1.54) is 18.2 Å². The predicted octanol–water partition coefficient (Wildman–Crippen LogP) is 5.46. The summed E-state index contributed by atoms with van der Waals surface area (Å²) in [5, 5.41) is 10.9. The van der Waals surface area contributed by atoms with Crippen LogP contribution in [-0.4, -0.2) is 17.4 Å². The summed E-state index contributed by atoms with van der Waals surface area (Å²) < 4.78 is 5.56. The molecule has 0 aromatic heterocycles. The van der Waals surface area contributed by atoms with Crippen molar-refractivity contribution < 1.29 is 14.5 Å². The number of carbonyl (C=O) groups excluding carboxylic acids is 1. The molecule has 1 amide bonds. The standard InChI is InChI=1S/C20H13ClN2O4S/c21-14-11-13(23(25)26)9-10-17(14)27-12-20(24)22-15-5-1-3-7-18(15)28-19-8-4-2-6-16(19)22/h1-11H,12H2. The van der Waals surface area contributed by atoms with Crippen molar-refractivity contribution in [3.63, 3.8) is 0 Å². The van der Waals surface area contributed by atoms with Gasteiger partial charge < -0.3 is 4.74 Å². The second-order valence-electron chi connectivity index (χ2n) is 5.93. The summed E-state index contributed by atoms with van der Waals surface area (Å²) in [5.41, 5.74) is 1.43. The van der Waals surface area contributed by atoms with Crippen LogP contribution in [0.2, 0.25) is 5.02 Å². The van der Waals surface area contributed by atoms with Crippen LogP contribution in [0.5, 0.6) is 5.75 Å². The Hall–Kier alpha value is -3.03. The fourth-order valence-corrected chi connectivity index (χ4v) is 4.19. The predicted molar refractivity (Wildman–Crippen MR) is 108 cm³/mol. The van der Waals surface area contributed by atoms with Crippen LogP contribution >= 0.6 is 23.4 Å². The first-order chi connectivity index (χ1) is 13.5. The SMILES string of the molecule is O=C(COc1ccc([N+](=O)[O-])cc1Cl)N1c2ccccc2Sc2ccccc21. The molecule has 0 bridgehead atoms. The number of para-hydroxylation sites is 2. The molecule has 0 saturated heterocycles. The quantitative estimate of drug-likeness (QED) is 0.420. The number of amides is 1. The number of ether oxygens (including phenoxy) is 1. The lowest BCUT2D eigenvalue weighted by Crippen LogP contribution is -2.32. The molecule has 28 heavy (non-hydrogen) atoms. The van der Waals surface area contributed by atoms with Gasteiger partial charge in [0.05, 0.1) is 21.3 Å². The van der Waals surface area contributed by atoms with E-state index in [-0.39, 0.29) is 29.0 Å². The smallest absolute Gasteiger partial charge is 0.271 e. The van der Waals surface area contributed by atoms with Gasteiger partial charge in [-0.3, -0.25) is 19.8 Å². The van der Waals surface area contributed by atoms with Crippen LogP contribution in [0, 0.1) is 10.1 Å². The molecule has 8 heteroatoms. The molecule has 0 unspecified atom stereocenters. The number of benzene rings is 3. The van der Waals surface area contributed by atoms with E-state index in [0.717, 1.165) is 21.2 Å². The van der Waals surface area contributed by atoms with Crippen molar-refractivity contribution in [1.29, 1.82) is 0 Å². The minimum Gasteiger partial charge on any atom is -0.482 e. The Kier molecular flexibility index (Phi) is 4.93. The van der Waals surface area contributed by atoms with Gasteiger partial charge in [0.2, 0.25) is 0 Å². The minimum absolute atomic E-state index is 0.0806. The van der Waals surface area contributed by atoms with E-state index in [1.54, 1.807) is 16.7 Å². The van der Waals surface area contributed by atoms with Crippen molar-refractivity contribution in [2.24, 2.45) is 0 Å². The van der Waals surface area contributed by atoms with Crippen molar-refractivity contribution in [1.82, 2.24) is 0 Å². The van der Waals surface area contributed by atoms with Crippen LogP contribution in [0.25, 0.3) is 0 Å². The molecule has 140 valence electrons. The number of nitro groups is 1. The highest BCUT2D eigenvalue weighted by Crippen LogP contribution is 2.47. The van der Waals surface area contributed by atoms with Crippen LogP contribution in [0.1, 0.15) is 0 Å². The molecule has 1 aliphatic rings. The highest BCUT2D eigenvalue weighted by molar-refractivity contribution is 7.99. The number of carbonyl (C=O) groups is 1. The molecular formula is C20H13ClN2O4S. The van der Waals surface area contributed by atoms with Gasteiger partial charge in [0.15, 0.2) is 6.61 Å². The van der Waals surface area contributed by atoms with E-state index < -0.39 is 4.92 Å². The van der Waals surface area contributed by atoms with E-state index in [9.17, 15) is 14.9 Å². The Bertz CT molecular complexity index is 1040. The van der Waals surface area contributed by atoms with E-state index in [1.807, 2.05) is 48.5 Å². The van der Waals surface area contributed by atoms with Crippen molar-refractivity contribution in [3.8, 4) is 5.75 Å². The van der Waals surface area contributed by atoms with Crippen LogP contribution in [-0.2, 0) is 4.79 Å². The fraction of sp³-hybridized carbons (Fsp3) is 0.0500. The van der Waals surface area contributed by atoms with Crippen LogP contribution in [0.15, 0.2) is 76.5 Å². The van der Waals surface area contributed by atoms with Crippen LogP contribution < -0.4 is 9.64 Å². The molecule has 6 nitrogen and oxygen atoms in total. The maximum absolute atomic E-state index is 13.0. The van der Waals surface area contributed by atoms with Gasteiger partial charge in [0.25, 0.3) is 11.6 Å². The second kappa shape index (κ2) is 7.53. The molecule has 0 fully saturated rings. The number of fused-ring (bicyclic) bond motifs is 2. The van der Waals surface area contributed by atoms with Crippen molar-refractivity contribution in [2.75, 3.05) is 11.5 Å². The first-order valence-electron chi connectivity index (χ1n) is 8.30. The lowest BCUT2D eigenvalue weighted by Gasteiger charge is -2.30. The zero-order valence-electron chi connectivity index (χ0n) is 14.4. The van der Waals surface area contributed by atoms with E-state index in [0.29, 0.717) is 0 Å². The average molecular weight is 413 g/mol. The zero-order valence-corrected chi connectivity index (χ0v) is 15.9. The molecule has 0 radical (unpaired) electrons. The topological polar surface area (TPSA) is 72.7 Å². The molecule has 4 rings (SSSR count). The summed E-state index contributed by atoms with van der Waals surface area (Å²) in [5.74, 6) is -0.0526. The highest BCUT2D eigenvalue weighted by atomic mass is 35.5. The average Bonchev–Trinajstić information content (AvgIpc) is 2.70. The minimum atomic E-state index is -0.542. The van der Waals surface area contributed by atoms with E-state index in [4.69, 9.17) is 16.3 Å². The Morgan fingerprint density at radius 3 is 2.21 bits per heavy atom. The first kappa shape index (κ1) is 18.3. The van der Waals surface area contributed by atoms with Gasteiger partial charge in [-0.1, -0.05) is 47.6 Å². The first-order valence-corrected chi connectivity index (χ1v) is 9.49. The number of nitro benzene ring substituents is 1. The van der Waals surface area contributed by atoms with Gasteiger partial charge in [-0.15, -0.1) is 0 Å². The number of nitrogens with zero attached hydrogens (tertiary/aromatic N) is 2. The third-order valence-corrected chi connectivity index (χ3v) is 5.58. The Balaban J connectivity index is 1.60. The number of hydrogen-bond acceptors (Lipinski definition) is 5. The molecular weight excluding hydrogens is 400 g/mol. The van der Waals surface area contributed by atoms with Crippen molar-refractivity contribution >= 4 is 46.3 Å². The Morgan fingerprint density at radius 2 is 1.64 bits per heavy atom. The van der Waals surface area contributed by atoms with Gasteiger partial charge in [0, 0.05) is 21.9 Å². The molecule has 0 spiro atoms. The number of rotatable bonds is 4. The lowest BCUT2D eigenvalue weighted by atomic mass is 10.2. The lowest BCUT2D eigenvalue weighted by molar-refractivity contribution is -0.384. The largest absolute Gasteiger partial charge is 0.482 e. The van der Waals surface area contributed by atoms with E-state index in [2.05, 4.69) is 0 Å². The van der Waals surface area contributed by atoms with Gasteiger partial charge in [-0.05, 0) is 30.3 Å². The summed E-state index contributed by atoms with van der Waals surface area (Å²) in [6, 6.07) is 19.2. The molecule has 0 aliphatic carbocycles. The molecule has 3 aromatic carbocycles. The van der Waals surface area contributed by atoms with Gasteiger partial charge >= 0.3 is 0 Å². The van der Waals surface area contributed by atoms with Crippen molar-refractivity contribution in [3.05, 3.63) is 81.9 Å². The van der Waals surface area contributed by atoms with Gasteiger partial charge in [-0.25, -0.2) is 0 Å². The molecule has 0 atom stereocenters. The summed E-state index contributed by atoms with van der Waals surface area (Å²) in [4.78, 5) is 26.9. The molecule has 0 saturated carbocycles. The zero-order chi connectivity index (χ0) is 19.7. The van der Waals surface area contributed by atoms with Gasteiger partial charge in [-0.2, -0.15) is 0 Å². The molecule has 0 N–H and O–H groups in total. The highest BCUT2D eigenvalue weighted by Gasteiger charge is 2.28. The Morgan fingerprint density at radius 1 is 1.04 bits per heavy atom. The number of halogens is 1. The fourth-order valence-electron chi connectivity index (χ4n) is 2.90. The third kappa shape index (κ3) is 3.42. The number of hydrogen-bond donors (Lipinski definition) is 0. The van der Waals surface area contributed by atoms with E-state index >= 15 is 0 Å². The normalized spacial score (nSPS) is 12.1. The second-order valence-corrected chi connectivity index (χ2v) is 7.42. The number of anilines is 2. The van der Waals surface area contributed by atoms with Gasteiger partial charge in [0.1, 0.15) is 5.75 Å². The Labute approximate surface area is 169 Å². The summed E-state index contributed by atoms with van der Waals surface area (Å²) in [6.45, 7) is -0.259. The molecule has 3 aromatic rings. The van der Waals surface area contributed by atoms with Crippen LogP contribution in [0.4, 0.5) is 17.1 Å². The summed E-state index contributed by atoms with van der Waals surface area (Å²) in [7, 11) is 0.